The van der Waals surface area contributed by atoms with Gasteiger partial charge >= 0.3 is 0 Å². The summed E-state index contributed by atoms with van der Waals surface area (Å²) in [6.45, 7) is 8.17. The van der Waals surface area contributed by atoms with Crippen LogP contribution in [0, 0.1) is 0 Å². The van der Waals surface area contributed by atoms with Crippen molar-refractivity contribution in [3.8, 4) is 11.3 Å². The molecule has 2 aromatic rings. The molecular formula is C18H26N4O2. The maximum absolute atomic E-state index is 12.5. The van der Waals surface area contributed by atoms with Crippen molar-refractivity contribution in [2.75, 3.05) is 33.2 Å². The van der Waals surface area contributed by atoms with Crippen LogP contribution < -0.4 is 5.73 Å². The standard InChI is InChI=1S/C18H26N4O2/c1-4-22(5-2)11-10-21(3)18(23)15-8-6-14(7-9-15)17-12-16(13-19)24-20-17/h6-9,12H,4-5,10-11,13,19H2,1-3H3. The molecule has 0 atom stereocenters. The highest BCUT2D eigenvalue weighted by atomic mass is 16.5. The summed E-state index contributed by atoms with van der Waals surface area (Å²) in [5, 5.41) is 3.98. The quantitative estimate of drug-likeness (QED) is 0.803. The van der Waals surface area contributed by atoms with E-state index in [2.05, 4.69) is 23.9 Å². The van der Waals surface area contributed by atoms with Crippen molar-refractivity contribution in [3.05, 3.63) is 41.7 Å². The van der Waals surface area contributed by atoms with Crippen LogP contribution in [0.1, 0.15) is 30.0 Å². The molecule has 1 amide bonds. The highest BCUT2D eigenvalue weighted by Crippen LogP contribution is 2.20. The van der Waals surface area contributed by atoms with E-state index in [1.54, 1.807) is 4.90 Å². The number of likely N-dealkylation sites (N-methyl/N-ethyl adjacent to an activating group) is 2. The van der Waals surface area contributed by atoms with Gasteiger partial charge in [-0.1, -0.05) is 31.1 Å². The normalized spacial score (nSPS) is 11.0. The maximum Gasteiger partial charge on any atom is 0.253 e. The van der Waals surface area contributed by atoms with Crippen molar-refractivity contribution in [3.63, 3.8) is 0 Å². The van der Waals surface area contributed by atoms with Crippen molar-refractivity contribution in [1.29, 1.82) is 0 Å². The van der Waals surface area contributed by atoms with Gasteiger partial charge < -0.3 is 20.1 Å². The van der Waals surface area contributed by atoms with E-state index in [1.165, 1.54) is 0 Å². The first-order valence-corrected chi connectivity index (χ1v) is 8.32. The van der Waals surface area contributed by atoms with Crippen molar-refractivity contribution in [2.24, 2.45) is 5.73 Å². The van der Waals surface area contributed by atoms with Gasteiger partial charge in [-0.15, -0.1) is 0 Å². The van der Waals surface area contributed by atoms with Gasteiger partial charge in [-0.25, -0.2) is 0 Å². The molecule has 0 aliphatic carbocycles. The van der Waals surface area contributed by atoms with E-state index in [9.17, 15) is 4.79 Å². The first-order chi connectivity index (χ1) is 11.6. The molecule has 0 aliphatic rings. The van der Waals surface area contributed by atoms with Crippen LogP contribution >= 0.6 is 0 Å². The van der Waals surface area contributed by atoms with E-state index >= 15 is 0 Å². The number of nitrogens with two attached hydrogens (primary N) is 1. The summed E-state index contributed by atoms with van der Waals surface area (Å²) in [7, 11) is 1.84. The molecule has 0 aliphatic heterocycles. The molecule has 0 fully saturated rings. The Hall–Kier alpha value is -2.18. The van der Waals surface area contributed by atoms with Crippen LogP contribution in [0.15, 0.2) is 34.9 Å². The number of carbonyl (C=O) groups is 1. The second kappa shape index (κ2) is 8.61. The maximum atomic E-state index is 12.5. The third-order valence-corrected chi connectivity index (χ3v) is 4.18. The first-order valence-electron chi connectivity index (χ1n) is 8.32. The fourth-order valence-electron chi connectivity index (χ4n) is 2.48. The van der Waals surface area contributed by atoms with Gasteiger partial charge in [0.2, 0.25) is 0 Å². The van der Waals surface area contributed by atoms with Gasteiger partial charge in [0.25, 0.3) is 5.91 Å². The number of aromatic nitrogens is 1. The Morgan fingerprint density at radius 3 is 2.38 bits per heavy atom. The van der Waals surface area contributed by atoms with E-state index in [1.807, 2.05) is 37.4 Å². The molecule has 1 aromatic carbocycles. The lowest BCUT2D eigenvalue weighted by atomic mass is 10.1. The molecule has 1 aromatic heterocycles. The van der Waals surface area contributed by atoms with E-state index in [0.29, 0.717) is 24.4 Å². The Balaban J connectivity index is 2.00. The largest absolute Gasteiger partial charge is 0.359 e. The van der Waals surface area contributed by atoms with Crippen LogP contribution in [-0.4, -0.2) is 54.1 Å². The molecule has 0 bridgehead atoms. The van der Waals surface area contributed by atoms with Gasteiger partial charge in [0.15, 0.2) is 5.76 Å². The second-order valence-electron chi connectivity index (χ2n) is 5.71. The van der Waals surface area contributed by atoms with E-state index in [-0.39, 0.29) is 5.91 Å². The van der Waals surface area contributed by atoms with Gasteiger partial charge in [0, 0.05) is 37.3 Å². The Kier molecular flexibility index (Phi) is 6.52. The Morgan fingerprint density at radius 2 is 1.83 bits per heavy atom. The summed E-state index contributed by atoms with van der Waals surface area (Å²) >= 11 is 0. The van der Waals surface area contributed by atoms with Gasteiger partial charge in [-0.05, 0) is 25.2 Å². The zero-order valence-electron chi connectivity index (χ0n) is 14.7. The predicted octanol–water partition coefficient (Wildman–Crippen LogP) is 2.21. The molecule has 0 radical (unpaired) electrons. The fourth-order valence-corrected chi connectivity index (χ4v) is 2.48. The molecular weight excluding hydrogens is 304 g/mol. The molecule has 0 spiro atoms. The number of hydrogen-bond donors (Lipinski definition) is 1. The summed E-state index contributed by atoms with van der Waals surface area (Å²) in [5.74, 6) is 0.665. The summed E-state index contributed by atoms with van der Waals surface area (Å²) in [6.07, 6.45) is 0. The predicted molar refractivity (Wildman–Crippen MR) is 94.6 cm³/mol. The highest BCUT2D eigenvalue weighted by molar-refractivity contribution is 5.94. The lowest BCUT2D eigenvalue weighted by Gasteiger charge is -2.23. The SMILES string of the molecule is CCN(CC)CCN(C)C(=O)c1ccc(-c2cc(CN)on2)cc1. The van der Waals surface area contributed by atoms with Crippen LogP contribution in [0.4, 0.5) is 0 Å². The van der Waals surface area contributed by atoms with Crippen LogP contribution in [0.3, 0.4) is 0 Å². The minimum Gasteiger partial charge on any atom is -0.359 e. The van der Waals surface area contributed by atoms with Gasteiger partial charge in [0.05, 0.1) is 6.54 Å². The molecule has 0 saturated carbocycles. The van der Waals surface area contributed by atoms with Crippen LogP contribution in [0.5, 0.6) is 0 Å². The molecule has 24 heavy (non-hydrogen) atoms. The number of amides is 1. The topological polar surface area (TPSA) is 75.6 Å². The number of nitrogens with zero attached hydrogens (tertiary/aromatic N) is 3. The van der Waals surface area contributed by atoms with Gasteiger partial charge in [-0.2, -0.15) is 0 Å². The summed E-state index contributed by atoms with van der Waals surface area (Å²) in [6, 6.07) is 9.21. The number of rotatable bonds is 8. The first kappa shape index (κ1) is 18.2. The number of carbonyl (C=O) groups excluding carboxylic acids is 1. The van der Waals surface area contributed by atoms with Crippen LogP contribution in [-0.2, 0) is 6.54 Å². The molecule has 0 unspecified atom stereocenters. The van der Waals surface area contributed by atoms with E-state index in [4.69, 9.17) is 10.3 Å². The number of hydrogen-bond acceptors (Lipinski definition) is 5. The van der Waals surface area contributed by atoms with E-state index in [0.717, 1.165) is 30.9 Å². The Labute approximate surface area is 143 Å². The van der Waals surface area contributed by atoms with Crippen molar-refractivity contribution in [2.45, 2.75) is 20.4 Å². The van der Waals surface area contributed by atoms with Crippen LogP contribution in [0.25, 0.3) is 11.3 Å². The Bertz CT molecular complexity index is 647. The molecule has 1 heterocycles. The van der Waals surface area contributed by atoms with Gasteiger partial charge in [-0.3, -0.25) is 4.79 Å². The molecule has 0 saturated heterocycles. The van der Waals surface area contributed by atoms with Gasteiger partial charge in [0.1, 0.15) is 5.69 Å². The van der Waals surface area contributed by atoms with Crippen LogP contribution in [0.2, 0.25) is 0 Å². The third-order valence-electron chi connectivity index (χ3n) is 4.18. The number of benzene rings is 1. The van der Waals surface area contributed by atoms with Crippen molar-refractivity contribution in [1.82, 2.24) is 15.0 Å². The summed E-state index contributed by atoms with van der Waals surface area (Å²) in [4.78, 5) is 16.5. The van der Waals surface area contributed by atoms with Crippen molar-refractivity contribution >= 4 is 5.91 Å². The fraction of sp³-hybridized carbons (Fsp3) is 0.444. The lowest BCUT2D eigenvalue weighted by Crippen LogP contribution is -2.36. The summed E-state index contributed by atoms with van der Waals surface area (Å²) < 4.78 is 5.10. The molecule has 2 rings (SSSR count). The highest BCUT2D eigenvalue weighted by Gasteiger charge is 2.13. The zero-order chi connectivity index (χ0) is 17.5. The third kappa shape index (κ3) is 4.43. The molecule has 130 valence electrons. The smallest absolute Gasteiger partial charge is 0.253 e. The summed E-state index contributed by atoms with van der Waals surface area (Å²) in [5.41, 5.74) is 7.82. The van der Waals surface area contributed by atoms with Crippen molar-refractivity contribution < 1.29 is 9.32 Å². The minimum atomic E-state index is 0.0245. The second-order valence-corrected chi connectivity index (χ2v) is 5.71. The Morgan fingerprint density at radius 1 is 1.17 bits per heavy atom. The molecule has 2 N–H and O–H groups in total. The lowest BCUT2D eigenvalue weighted by molar-refractivity contribution is 0.0780. The average molecular weight is 330 g/mol. The van der Waals surface area contributed by atoms with E-state index < -0.39 is 0 Å². The molecule has 6 heteroatoms. The average Bonchev–Trinajstić information content (AvgIpc) is 3.11. The zero-order valence-corrected chi connectivity index (χ0v) is 14.7. The minimum absolute atomic E-state index is 0.0245. The monoisotopic (exact) mass is 330 g/mol. The molecule has 6 nitrogen and oxygen atoms in total.